The van der Waals surface area contributed by atoms with Gasteiger partial charge in [0.05, 0.1) is 30.2 Å². The third kappa shape index (κ3) is 3.94. The minimum Gasteiger partial charge on any atom is -0.456 e. The number of pyridine rings is 2. The predicted molar refractivity (Wildman–Crippen MR) is 113 cm³/mol. The number of H-pyrrole nitrogens is 1. The molecule has 5 rings (SSSR count). The second-order valence-corrected chi connectivity index (χ2v) is 7.36. The number of hydrogen-bond donors (Lipinski definition) is 2. The number of rotatable bonds is 4. The van der Waals surface area contributed by atoms with Crippen molar-refractivity contribution in [1.29, 1.82) is 0 Å². The summed E-state index contributed by atoms with van der Waals surface area (Å²) in [5.74, 6) is 1.01. The number of β-amino-alcohol motifs (C(OH)–C–C–N with tert-alkyl or cyclic N) is 1. The third-order valence-electron chi connectivity index (χ3n) is 5.17. The first-order valence-electron chi connectivity index (χ1n) is 9.82. The minimum atomic E-state index is -4.60. The Bertz CT molecular complexity index is 1320. The lowest BCUT2D eigenvalue weighted by atomic mass is 10.2. The second kappa shape index (κ2) is 7.78. The number of aromatic amines is 1. The summed E-state index contributed by atoms with van der Waals surface area (Å²) < 4.78 is 44.8. The Morgan fingerprint density at radius 2 is 1.82 bits per heavy atom. The normalized spacial score (nSPS) is 16.6. The molecule has 1 fully saturated rings. The molecule has 33 heavy (non-hydrogen) atoms. The average Bonchev–Trinajstić information content (AvgIpc) is 3.37. The van der Waals surface area contributed by atoms with E-state index in [0.717, 1.165) is 33.1 Å². The van der Waals surface area contributed by atoms with E-state index in [-0.39, 0.29) is 12.2 Å². The van der Waals surface area contributed by atoms with Gasteiger partial charge in [0.15, 0.2) is 6.23 Å². The number of ether oxygens (including phenoxy) is 1. The molecule has 1 aliphatic rings. The quantitative estimate of drug-likeness (QED) is 0.471. The molecule has 0 spiro atoms. The van der Waals surface area contributed by atoms with E-state index >= 15 is 0 Å². The fraction of sp³-hybridized carbons (Fsp3) is 0.136. The SMILES string of the molecule is O=C1N(c2cncc(C(F)(F)F)c2)CC(O)N1c1ccc(Oc2cnc3[nH]ccc3c2)cc1. The van der Waals surface area contributed by atoms with Crippen LogP contribution in [-0.4, -0.2) is 38.9 Å². The summed E-state index contributed by atoms with van der Waals surface area (Å²) in [5.41, 5.74) is 0.0692. The van der Waals surface area contributed by atoms with E-state index in [2.05, 4.69) is 15.0 Å². The Morgan fingerprint density at radius 3 is 2.58 bits per heavy atom. The summed E-state index contributed by atoms with van der Waals surface area (Å²) in [5, 5.41) is 11.3. The van der Waals surface area contributed by atoms with E-state index in [1.54, 1.807) is 36.7 Å². The van der Waals surface area contributed by atoms with Crippen LogP contribution in [0.3, 0.4) is 0 Å². The summed E-state index contributed by atoms with van der Waals surface area (Å²) in [7, 11) is 0. The van der Waals surface area contributed by atoms with E-state index < -0.39 is 24.0 Å². The lowest BCUT2D eigenvalue weighted by molar-refractivity contribution is -0.137. The van der Waals surface area contributed by atoms with Crippen molar-refractivity contribution in [2.24, 2.45) is 0 Å². The van der Waals surface area contributed by atoms with Crippen molar-refractivity contribution in [2.75, 3.05) is 16.3 Å². The van der Waals surface area contributed by atoms with Gasteiger partial charge in [0.2, 0.25) is 0 Å². The molecule has 8 nitrogen and oxygen atoms in total. The van der Waals surface area contributed by atoms with E-state index in [1.807, 2.05) is 12.1 Å². The van der Waals surface area contributed by atoms with Gasteiger partial charge in [-0.05, 0) is 42.5 Å². The number of nitrogens with zero attached hydrogens (tertiary/aromatic N) is 4. The van der Waals surface area contributed by atoms with Crippen LogP contribution >= 0.6 is 0 Å². The number of carbonyl (C=O) groups is 1. The van der Waals surface area contributed by atoms with E-state index in [4.69, 9.17) is 4.74 Å². The number of amides is 2. The smallest absolute Gasteiger partial charge is 0.417 e. The number of fused-ring (bicyclic) bond motifs is 1. The van der Waals surface area contributed by atoms with Gasteiger partial charge in [-0.25, -0.2) is 9.78 Å². The Kier molecular flexibility index (Phi) is 4.90. The van der Waals surface area contributed by atoms with Gasteiger partial charge in [0, 0.05) is 23.5 Å². The zero-order chi connectivity index (χ0) is 23.2. The van der Waals surface area contributed by atoms with Crippen molar-refractivity contribution < 1.29 is 27.8 Å². The highest BCUT2D eigenvalue weighted by atomic mass is 19.4. The van der Waals surface area contributed by atoms with Crippen LogP contribution in [0.5, 0.6) is 11.5 Å². The first kappa shape index (κ1) is 20.8. The van der Waals surface area contributed by atoms with E-state index in [1.165, 1.54) is 0 Å². The number of urea groups is 1. The number of halogens is 3. The van der Waals surface area contributed by atoms with Crippen molar-refractivity contribution in [2.45, 2.75) is 12.4 Å². The number of nitrogens with one attached hydrogen (secondary N) is 1. The summed E-state index contributed by atoms with van der Waals surface area (Å²) >= 11 is 0. The Hall–Kier alpha value is -4.12. The third-order valence-corrected chi connectivity index (χ3v) is 5.17. The number of benzene rings is 1. The van der Waals surface area contributed by atoms with Crippen LogP contribution in [0.25, 0.3) is 11.0 Å². The zero-order valence-electron chi connectivity index (χ0n) is 16.8. The summed E-state index contributed by atoms with van der Waals surface area (Å²) in [6, 6.07) is 10.2. The van der Waals surface area contributed by atoms with Crippen molar-refractivity contribution in [3.63, 3.8) is 0 Å². The first-order chi connectivity index (χ1) is 15.8. The lowest BCUT2D eigenvalue weighted by Gasteiger charge is -2.20. The molecule has 1 saturated heterocycles. The van der Waals surface area contributed by atoms with Gasteiger partial charge in [0.1, 0.15) is 17.1 Å². The van der Waals surface area contributed by atoms with Crippen LogP contribution in [0.4, 0.5) is 29.3 Å². The molecule has 1 aromatic carbocycles. The van der Waals surface area contributed by atoms with Gasteiger partial charge < -0.3 is 14.8 Å². The van der Waals surface area contributed by atoms with Crippen LogP contribution < -0.4 is 14.5 Å². The molecule has 4 aromatic rings. The largest absolute Gasteiger partial charge is 0.456 e. The van der Waals surface area contributed by atoms with Gasteiger partial charge in [-0.3, -0.25) is 14.8 Å². The molecule has 0 saturated carbocycles. The zero-order valence-corrected chi connectivity index (χ0v) is 16.8. The van der Waals surface area contributed by atoms with Crippen molar-refractivity contribution in [3.8, 4) is 11.5 Å². The number of aliphatic hydroxyl groups excluding tert-OH is 1. The van der Waals surface area contributed by atoms with Crippen LogP contribution in [0.2, 0.25) is 0 Å². The molecule has 0 bridgehead atoms. The van der Waals surface area contributed by atoms with E-state index in [9.17, 15) is 23.1 Å². The fourth-order valence-corrected chi connectivity index (χ4v) is 3.60. The lowest BCUT2D eigenvalue weighted by Crippen LogP contribution is -2.34. The molecule has 1 unspecified atom stereocenters. The molecule has 0 aliphatic carbocycles. The maximum Gasteiger partial charge on any atom is 0.417 e. The molecule has 168 valence electrons. The highest BCUT2D eigenvalue weighted by Gasteiger charge is 2.39. The monoisotopic (exact) mass is 455 g/mol. The van der Waals surface area contributed by atoms with Crippen LogP contribution in [0.15, 0.2) is 67.3 Å². The molecule has 0 radical (unpaired) electrons. The Labute approximate surface area is 184 Å². The second-order valence-electron chi connectivity index (χ2n) is 7.36. The van der Waals surface area contributed by atoms with Crippen LogP contribution in [0, 0.1) is 0 Å². The van der Waals surface area contributed by atoms with Crippen molar-refractivity contribution >= 4 is 28.4 Å². The molecule has 1 aliphatic heterocycles. The molecule has 2 N–H and O–H groups in total. The summed E-state index contributed by atoms with van der Waals surface area (Å²) in [6.07, 6.45) is -0.676. The highest BCUT2D eigenvalue weighted by Crippen LogP contribution is 2.34. The predicted octanol–water partition coefficient (Wildman–Crippen LogP) is 4.53. The highest BCUT2D eigenvalue weighted by molar-refractivity contribution is 6.06. The minimum absolute atomic E-state index is 0.0519. The molecule has 1 atom stereocenters. The fourth-order valence-electron chi connectivity index (χ4n) is 3.60. The van der Waals surface area contributed by atoms with Gasteiger partial charge in [0.25, 0.3) is 0 Å². The van der Waals surface area contributed by atoms with Gasteiger partial charge in [-0.15, -0.1) is 0 Å². The molecule has 3 aromatic heterocycles. The number of alkyl halides is 3. The number of hydrogen-bond acceptors (Lipinski definition) is 5. The van der Waals surface area contributed by atoms with Crippen molar-refractivity contribution in [1.82, 2.24) is 15.0 Å². The number of aliphatic hydroxyl groups is 1. The average molecular weight is 455 g/mol. The molecule has 2 amide bonds. The maximum absolute atomic E-state index is 13.0. The number of anilines is 2. The van der Waals surface area contributed by atoms with Gasteiger partial charge >= 0.3 is 12.2 Å². The van der Waals surface area contributed by atoms with Crippen LogP contribution in [0.1, 0.15) is 5.56 Å². The topological polar surface area (TPSA) is 94.6 Å². The first-order valence-corrected chi connectivity index (χ1v) is 9.82. The molecular weight excluding hydrogens is 439 g/mol. The molecular formula is C22H16F3N5O3. The number of aromatic nitrogens is 3. The summed E-state index contributed by atoms with van der Waals surface area (Å²) in [4.78, 5) is 25.9. The molecule has 11 heteroatoms. The Balaban J connectivity index is 1.34. The standard InChI is InChI=1S/C22H16F3N5O3/c23-22(24,25)14-8-16(10-26-9-14)29-12-19(31)30(21(29)32)15-1-3-17(4-2-15)33-18-7-13-5-6-27-20(13)28-11-18/h1-11,19,31H,12H2,(H,27,28). The van der Waals surface area contributed by atoms with Crippen molar-refractivity contribution in [3.05, 3.63) is 72.8 Å². The summed E-state index contributed by atoms with van der Waals surface area (Å²) in [6.45, 7) is -0.206. The van der Waals surface area contributed by atoms with Crippen LogP contribution in [-0.2, 0) is 6.18 Å². The Morgan fingerprint density at radius 1 is 1.03 bits per heavy atom. The van der Waals surface area contributed by atoms with Gasteiger partial charge in [-0.1, -0.05) is 0 Å². The molecule has 4 heterocycles. The number of carbonyl (C=O) groups excluding carboxylic acids is 1. The van der Waals surface area contributed by atoms with E-state index in [0.29, 0.717) is 23.4 Å². The van der Waals surface area contributed by atoms with Gasteiger partial charge in [-0.2, -0.15) is 13.2 Å². The maximum atomic E-state index is 13.0.